The Morgan fingerprint density at radius 1 is 1.25 bits per heavy atom. The fourth-order valence-electron chi connectivity index (χ4n) is 1.79. The van der Waals surface area contributed by atoms with Crippen LogP contribution in [-0.2, 0) is 6.61 Å². The van der Waals surface area contributed by atoms with Crippen molar-refractivity contribution in [2.45, 2.75) is 6.61 Å². The number of aliphatic hydroxyl groups excluding tert-OH is 2. The highest BCUT2D eigenvalue weighted by Gasteiger charge is 2.30. The average Bonchev–Trinajstić information content (AvgIpc) is 2.27. The Labute approximate surface area is 94.1 Å². The van der Waals surface area contributed by atoms with E-state index in [1.165, 1.54) is 0 Å². The van der Waals surface area contributed by atoms with Crippen molar-refractivity contribution in [3.63, 3.8) is 0 Å². The van der Waals surface area contributed by atoms with Crippen LogP contribution in [0.4, 0.5) is 0 Å². The van der Waals surface area contributed by atoms with Gasteiger partial charge in [0, 0.05) is 31.2 Å². The van der Waals surface area contributed by atoms with E-state index >= 15 is 0 Å². The third-order valence-electron chi connectivity index (χ3n) is 2.89. The fraction of sp³-hybridized carbons (Fsp3) is 0.417. The number of hydrogen-bond acceptors (Lipinski definition) is 3. The molecule has 0 unspecified atom stereocenters. The van der Waals surface area contributed by atoms with Crippen LogP contribution in [0.2, 0.25) is 0 Å². The molecule has 0 aliphatic carbocycles. The van der Waals surface area contributed by atoms with Gasteiger partial charge in [-0.2, -0.15) is 0 Å². The Bertz CT molecular complexity index is 368. The molecule has 0 aromatic heterocycles. The van der Waals surface area contributed by atoms with Gasteiger partial charge in [0.2, 0.25) is 0 Å². The fourth-order valence-corrected chi connectivity index (χ4v) is 1.79. The lowest BCUT2D eigenvalue weighted by Gasteiger charge is -2.38. The van der Waals surface area contributed by atoms with Crippen LogP contribution < -0.4 is 0 Å². The summed E-state index contributed by atoms with van der Waals surface area (Å²) >= 11 is 0. The molecule has 4 nitrogen and oxygen atoms in total. The highest BCUT2D eigenvalue weighted by Crippen LogP contribution is 2.18. The molecule has 1 fully saturated rings. The lowest BCUT2D eigenvalue weighted by molar-refractivity contribution is 0.0362. The molecule has 16 heavy (non-hydrogen) atoms. The van der Waals surface area contributed by atoms with Crippen molar-refractivity contribution in [3.8, 4) is 0 Å². The molecular formula is C12H15NO3. The average molecular weight is 221 g/mol. The first-order valence-corrected chi connectivity index (χ1v) is 5.34. The van der Waals surface area contributed by atoms with Gasteiger partial charge in [-0.3, -0.25) is 4.79 Å². The minimum absolute atomic E-state index is 0.00538. The van der Waals surface area contributed by atoms with E-state index in [2.05, 4.69) is 0 Å². The van der Waals surface area contributed by atoms with Gasteiger partial charge in [0.1, 0.15) is 0 Å². The summed E-state index contributed by atoms with van der Waals surface area (Å²) in [5, 5.41) is 17.7. The maximum Gasteiger partial charge on any atom is 0.253 e. The second-order valence-electron chi connectivity index (χ2n) is 4.11. The summed E-state index contributed by atoms with van der Waals surface area (Å²) in [4.78, 5) is 13.6. The first kappa shape index (κ1) is 11.1. The predicted molar refractivity (Wildman–Crippen MR) is 58.8 cm³/mol. The Morgan fingerprint density at radius 2 is 1.88 bits per heavy atom. The molecular weight excluding hydrogens is 206 g/mol. The molecule has 1 aliphatic rings. The third-order valence-corrected chi connectivity index (χ3v) is 2.89. The number of benzene rings is 1. The number of hydrogen-bond donors (Lipinski definition) is 2. The van der Waals surface area contributed by atoms with Crippen LogP contribution in [0.5, 0.6) is 0 Å². The molecule has 0 spiro atoms. The highest BCUT2D eigenvalue weighted by molar-refractivity contribution is 5.94. The smallest absolute Gasteiger partial charge is 0.253 e. The van der Waals surface area contributed by atoms with Gasteiger partial charge >= 0.3 is 0 Å². The van der Waals surface area contributed by atoms with Crippen molar-refractivity contribution in [2.24, 2.45) is 5.92 Å². The molecule has 1 aromatic rings. The molecule has 0 bridgehead atoms. The molecule has 86 valence electrons. The first-order chi connectivity index (χ1) is 7.74. The van der Waals surface area contributed by atoms with E-state index in [0.717, 1.165) is 5.56 Å². The zero-order chi connectivity index (χ0) is 11.5. The summed E-state index contributed by atoms with van der Waals surface area (Å²) in [7, 11) is 0. The van der Waals surface area contributed by atoms with E-state index in [4.69, 9.17) is 10.2 Å². The zero-order valence-electron chi connectivity index (χ0n) is 8.97. The number of rotatable bonds is 3. The van der Waals surface area contributed by atoms with E-state index in [1.54, 1.807) is 29.2 Å². The van der Waals surface area contributed by atoms with Gasteiger partial charge in [0.25, 0.3) is 5.91 Å². The maximum atomic E-state index is 11.9. The van der Waals surface area contributed by atoms with E-state index < -0.39 is 0 Å². The lowest BCUT2D eigenvalue weighted by Crippen LogP contribution is -2.51. The molecule has 1 heterocycles. The van der Waals surface area contributed by atoms with E-state index in [-0.39, 0.29) is 25.0 Å². The van der Waals surface area contributed by atoms with Gasteiger partial charge in [-0.1, -0.05) is 12.1 Å². The van der Waals surface area contributed by atoms with Crippen molar-refractivity contribution in [1.29, 1.82) is 0 Å². The van der Waals surface area contributed by atoms with Crippen LogP contribution in [0.25, 0.3) is 0 Å². The monoisotopic (exact) mass is 221 g/mol. The summed E-state index contributed by atoms with van der Waals surface area (Å²) in [6.45, 7) is 1.41. The van der Waals surface area contributed by atoms with Gasteiger partial charge in [0.15, 0.2) is 0 Å². The first-order valence-electron chi connectivity index (χ1n) is 5.34. The summed E-state index contributed by atoms with van der Waals surface area (Å²) in [5.74, 6) is 0.231. The van der Waals surface area contributed by atoms with Crippen LogP contribution in [-0.4, -0.2) is 40.7 Å². The standard InChI is InChI=1S/C12H15NO3/c14-7-9-1-3-11(4-2-9)12(16)13-5-10(6-13)8-15/h1-4,10,14-15H,5-8H2. The van der Waals surface area contributed by atoms with Crippen LogP contribution in [0.1, 0.15) is 15.9 Å². The minimum atomic E-state index is -0.00916. The molecule has 1 amide bonds. The highest BCUT2D eigenvalue weighted by atomic mass is 16.3. The minimum Gasteiger partial charge on any atom is -0.396 e. The number of aliphatic hydroxyl groups is 2. The molecule has 2 N–H and O–H groups in total. The van der Waals surface area contributed by atoms with Crippen molar-refractivity contribution in [3.05, 3.63) is 35.4 Å². The maximum absolute atomic E-state index is 11.9. The molecule has 1 aliphatic heterocycles. The number of amides is 1. The summed E-state index contributed by atoms with van der Waals surface area (Å²) in [6.07, 6.45) is 0. The summed E-state index contributed by atoms with van der Waals surface area (Å²) in [5.41, 5.74) is 1.43. The molecule has 1 saturated heterocycles. The zero-order valence-corrected chi connectivity index (χ0v) is 8.97. The Hall–Kier alpha value is -1.39. The normalized spacial score (nSPS) is 16.0. The van der Waals surface area contributed by atoms with Gasteiger partial charge in [0.05, 0.1) is 6.61 Å². The predicted octanol–water partition coefficient (Wildman–Crippen LogP) is 0.243. The summed E-state index contributed by atoms with van der Waals surface area (Å²) < 4.78 is 0. The second-order valence-corrected chi connectivity index (χ2v) is 4.11. The SMILES string of the molecule is O=C(c1ccc(CO)cc1)N1CC(CO)C1. The summed E-state index contributed by atoms with van der Waals surface area (Å²) in [6, 6.07) is 6.94. The molecule has 2 rings (SSSR count). The van der Waals surface area contributed by atoms with Crippen LogP contribution in [0, 0.1) is 5.92 Å². The van der Waals surface area contributed by atoms with Gasteiger partial charge in [-0.05, 0) is 17.7 Å². The number of likely N-dealkylation sites (tertiary alicyclic amines) is 1. The Morgan fingerprint density at radius 3 is 2.38 bits per heavy atom. The van der Waals surface area contributed by atoms with E-state index in [9.17, 15) is 4.79 Å². The van der Waals surface area contributed by atoms with Crippen LogP contribution in [0.15, 0.2) is 24.3 Å². The molecule has 1 aromatic carbocycles. The van der Waals surface area contributed by atoms with Gasteiger partial charge in [-0.15, -0.1) is 0 Å². The largest absolute Gasteiger partial charge is 0.396 e. The van der Waals surface area contributed by atoms with Gasteiger partial charge < -0.3 is 15.1 Å². The number of carbonyl (C=O) groups is 1. The molecule has 4 heteroatoms. The van der Waals surface area contributed by atoms with Crippen molar-refractivity contribution in [2.75, 3.05) is 19.7 Å². The van der Waals surface area contributed by atoms with E-state index in [0.29, 0.717) is 18.7 Å². The van der Waals surface area contributed by atoms with Crippen molar-refractivity contribution >= 4 is 5.91 Å². The molecule has 0 saturated carbocycles. The quantitative estimate of drug-likeness (QED) is 0.768. The van der Waals surface area contributed by atoms with E-state index in [1.807, 2.05) is 0 Å². The van der Waals surface area contributed by atoms with Crippen molar-refractivity contribution < 1.29 is 15.0 Å². The number of carbonyl (C=O) groups excluding carboxylic acids is 1. The van der Waals surface area contributed by atoms with Crippen LogP contribution in [0.3, 0.4) is 0 Å². The van der Waals surface area contributed by atoms with Crippen molar-refractivity contribution in [1.82, 2.24) is 4.90 Å². The second kappa shape index (κ2) is 4.63. The topological polar surface area (TPSA) is 60.8 Å². The Balaban J connectivity index is 1.99. The molecule has 0 radical (unpaired) electrons. The Kier molecular flexibility index (Phi) is 3.22. The lowest BCUT2D eigenvalue weighted by atomic mass is 10.00. The number of nitrogens with zero attached hydrogens (tertiary/aromatic N) is 1. The molecule has 0 atom stereocenters. The van der Waals surface area contributed by atoms with Gasteiger partial charge in [-0.25, -0.2) is 0 Å². The third kappa shape index (κ3) is 2.08. The van der Waals surface area contributed by atoms with Crippen LogP contribution >= 0.6 is 0 Å².